The van der Waals surface area contributed by atoms with Gasteiger partial charge in [0, 0.05) is 30.6 Å². The van der Waals surface area contributed by atoms with E-state index in [1.807, 2.05) is 5.38 Å². The minimum atomic E-state index is -0.364. The summed E-state index contributed by atoms with van der Waals surface area (Å²) in [6, 6.07) is 5.44. The maximum Gasteiger partial charge on any atom is 0.257 e. The topological polar surface area (TPSA) is 54.5 Å². The van der Waals surface area contributed by atoms with Gasteiger partial charge in [0.15, 0.2) is 5.13 Å². The van der Waals surface area contributed by atoms with Crippen molar-refractivity contribution < 1.29 is 13.9 Å². The fourth-order valence-corrected chi connectivity index (χ4v) is 3.55. The molecule has 0 unspecified atom stereocenters. The average molecular weight is 349 g/mol. The molecule has 24 heavy (non-hydrogen) atoms. The number of nitrogens with zero attached hydrogens (tertiary/aromatic N) is 2. The van der Waals surface area contributed by atoms with Crippen LogP contribution in [0.3, 0.4) is 0 Å². The summed E-state index contributed by atoms with van der Waals surface area (Å²) < 4.78 is 18.6. The zero-order chi connectivity index (χ0) is 17.1. The number of hydrogen-bond acceptors (Lipinski definition) is 5. The molecule has 0 bridgehead atoms. The smallest absolute Gasteiger partial charge is 0.257 e. The van der Waals surface area contributed by atoms with E-state index in [0.29, 0.717) is 10.7 Å². The summed E-state index contributed by atoms with van der Waals surface area (Å²) in [5, 5.41) is 5.25. The molecule has 1 saturated heterocycles. The lowest BCUT2D eigenvalue weighted by atomic mass is 10.2. The Kier molecular flexibility index (Phi) is 5.23. The van der Waals surface area contributed by atoms with Crippen LogP contribution in [-0.2, 0) is 11.3 Å². The predicted molar refractivity (Wildman–Crippen MR) is 91.8 cm³/mol. The van der Waals surface area contributed by atoms with Crippen LogP contribution in [0.4, 0.5) is 9.52 Å². The van der Waals surface area contributed by atoms with Gasteiger partial charge in [-0.3, -0.25) is 15.0 Å². The van der Waals surface area contributed by atoms with E-state index in [0.717, 1.165) is 25.3 Å². The van der Waals surface area contributed by atoms with E-state index in [2.05, 4.69) is 29.0 Å². The molecule has 5 nitrogen and oxygen atoms in total. The number of morpholine rings is 1. The second-order valence-corrected chi connectivity index (χ2v) is 6.91. The van der Waals surface area contributed by atoms with E-state index in [4.69, 9.17) is 4.74 Å². The third-order valence-corrected chi connectivity index (χ3v) is 4.57. The number of hydrogen-bond donors (Lipinski definition) is 1. The Morgan fingerprint density at radius 2 is 2.00 bits per heavy atom. The number of carbonyl (C=O) groups excluding carboxylic acids is 1. The molecule has 1 aromatic heterocycles. The minimum absolute atomic E-state index is 0.213. The van der Waals surface area contributed by atoms with Crippen LogP contribution in [0.25, 0.3) is 0 Å². The molecular weight excluding hydrogens is 329 g/mol. The first-order valence-corrected chi connectivity index (χ1v) is 8.76. The zero-order valence-corrected chi connectivity index (χ0v) is 14.5. The van der Waals surface area contributed by atoms with E-state index in [1.54, 1.807) is 0 Å². The van der Waals surface area contributed by atoms with Gasteiger partial charge in [-0.2, -0.15) is 0 Å². The zero-order valence-electron chi connectivity index (χ0n) is 13.7. The first-order chi connectivity index (χ1) is 11.5. The van der Waals surface area contributed by atoms with Crippen molar-refractivity contribution >= 4 is 22.4 Å². The number of thiazole rings is 1. The van der Waals surface area contributed by atoms with Crippen LogP contribution in [0.15, 0.2) is 29.6 Å². The van der Waals surface area contributed by atoms with Gasteiger partial charge >= 0.3 is 0 Å². The van der Waals surface area contributed by atoms with Crippen LogP contribution in [0.2, 0.25) is 0 Å². The highest BCUT2D eigenvalue weighted by Gasteiger charge is 2.22. The Morgan fingerprint density at radius 1 is 1.33 bits per heavy atom. The van der Waals surface area contributed by atoms with Gasteiger partial charge in [-0.25, -0.2) is 9.37 Å². The lowest BCUT2D eigenvalue weighted by Gasteiger charge is -2.34. The summed E-state index contributed by atoms with van der Waals surface area (Å²) >= 11 is 1.39. The van der Waals surface area contributed by atoms with Crippen molar-refractivity contribution in [2.45, 2.75) is 32.6 Å². The number of rotatable bonds is 4. The Morgan fingerprint density at radius 3 is 2.67 bits per heavy atom. The van der Waals surface area contributed by atoms with Crippen LogP contribution in [0, 0.1) is 5.82 Å². The summed E-state index contributed by atoms with van der Waals surface area (Å²) in [6.45, 7) is 6.62. The van der Waals surface area contributed by atoms with E-state index in [9.17, 15) is 9.18 Å². The normalized spacial score (nSPS) is 21.6. The third-order valence-electron chi connectivity index (χ3n) is 3.76. The Balaban J connectivity index is 1.59. The van der Waals surface area contributed by atoms with Gasteiger partial charge in [0.25, 0.3) is 5.91 Å². The summed E-state index contributed by atoms with van der Waals surface area (Å²) in [6.07, 6.45) is 0.426. The number of amides is 1. The number of nitrogens with one attached hydrogen (secondary N) is 1. The average Bonchev–Trinajstić information content (AvgIpc) is 2.93. The van der Waals surface area contributed by atoms with Crippen molar-refractivity contribution in [3.63, 3.8) is 0 Å². The molecule has 0 saturated carbocycles. The molecule has 128 valence electrons. The summed E-state index contributed by atoms with van der Waals surface area (Å²) in [4.78, 5) is 18.9. The molecule has 0 radical (unpaired) electrons. The van der Waals surface area contributed by atoms with Crippen LogP contribution >= 0.6 is 11.3 Å². The van der Waals surface area contributed by atoms with Crippen LogP contribution in [0.5, 0.6) is 0 Å². The largest absolute Gasteiger partial charge is 0.373 e. The fraction of sp³-hybridized carbons (Fsp3) is 0.412. The molecule has 0 spiro atoms. The van der Waals surface area contributed by atoms with Crippen molar-refractivity contribution in [2.75, 3.05) is 18.4 Å². The lowest BCUT2D eigenvalue weighted by Crippen LogP contribution is -2.44. The Labute approximate surface area is 144 Å². The van der Waals surface area contributed by atoms with E-state index >= 15 is 0 Å². The van der Waals surface area contributed by atoms with Gasteiger partial charge in [0.2, 0.25) is 0 Å². The summed E-state index contributed by atoms with van der Waals surface area (Å²) in [7, 11) is 0. The molecular formula is C17H20FN3O2S. The van der Waals surface area contributed by atoms with Crippen molar-refractivity contribution in [1.29, 1.82) is 0 Å². The van der Waals surface area contributed by atoms with E-state index in [-0.39, 0.29) is 23.9 Å². The van der Waals surface area contributed by atoms with Crippen molar-refractivity contribution in [2.24, 2.45) is 0 Å². The highest BCUT2D eigenvalue weighted by atomic mass is 32.1. The Bertz CT molecular complexity index is 694. The fourth-order valence-electron chi connectivity index (χ4n) is 2.85. The van der Waals surface area contributed by atoms with Gasteiger partial charge in [0.1, 0.15) is 5.82 Å². The number of anilines is 1. The molecule has 1 fully saturated rings. The molecule has 2 aromatic rings. The maximum absolute atomic E-state index is 12.9. The summed E-state index contributed by atoms with van der Waals surface area (Å²) in [5.41, 5.74) is 1.33. The van der Waals surface area contributed by atoms with Crippen LogP contribution in [-0.4, -0.2) is 41.1 Å². The number of halogens is 1. The SMILES string of the molecule is C[C@@H]1CN(Cc2csc(NC(=O)c3ccc(F)cc3)n2)C[C@H](C)O1. The Hall–Kier alpha value is -1.83. The lowest BCUT2D eigenvalue weighted by molar-refractivity contribution is -0.0707. The number of benzene rings is 1. The summed E-state index contributed by atoms with van der Waals surface area (Å²) in [5.74, 6) is -0.651. The van der Waals surface area contributed by atoms with Crippen LogP contribution < -0.4 is 5.32 Å². The molecule has 3 rings (SSSR count). The second-order valence-electron chi connectivity index (χ2n) is 6.06. The molecule has 1 amide bonds. The van der Waals surface area contributed by atoms with Gasteiger partial charge in [0.05, 0.1) is 17.9 Å². The minimum Gasteiger partial charge on any atom is -0.373 e. The van der Waals surface area contributed by atoms with Gasteiger partial charge in [-0.1, -0.05) is 0 Å². The van der Waals surface area contributed by atoms with E-state index < -0.39 is 0 Å². The molecule has 7 heteroatoms. The first-order valence-electron chi connectivity index (χ1n) is 7.89. The molecule has 1 aromatic carbocycles. The quantitative estimate of drug-likeness (QED) is 0.921. The monoisotopic (exact) mass is 349 g/mol. The van der Waals surface area contributed by atoms with E-state index in [1.165, 1.54) is 35.6 Å². The highest BCUT2D eigenvalue weighted by Crippen LogP contribution is 2.20. The van der Waals surface area contributed by atoms with Gasteiger partial charge in [-0.15, -0.1) is 11.3 Å². The van der Waals surface area contributed by atoms with Gasteiger partial charge in [-0.05, 0) is 38.1 Å². The number of aromatic nitrogens is 1. The molecule has 2 heterocycles. The molecule has 2 atom stereocenters. The van der Waals surface area contributed by atoms with Crippen molar-refractivity contribution in [1.82, 2.24) is 9.88 Å². The van der Waals surface area contributed by atoms with Gasteiger partial charge < -0.3 is 4.74 Å². The van der Waals surface area contributed by atoms with Crippen LogP contribution in [0.1, 0.15) is 29.9 Å². The van der Waals surface area contributed by atoms with Crippen molar-refractivity contribution in [3.05, 3.63) is 46.7 Å². The first kappa shape index (κ1) is 17.0. The molecule has 1 aliphatic heterocycles. The number of carbonyl (C=O) groups is 1. The third kappa shape index (κ3) is 4.37. The maximum atomic E-state index is 12.9. The highest BCUT2D eigenvalue weighted by molar-refractivity contribution is 7.13. The molecule has 1 N–H and O–H groups in total. The standard InChI is InChI=1S/C17H20FN3O2S/c1-11-7-21(8-12(2)23-11)9-15-10-24-17(19-15)20-16(22)13-3-5-14(18)6-4-13/h3-6,10-12H,7-9H2,1-2H3,(H,19,20,22)/t11-,12+. The number of ether oxygens (including phenoxy) is 1. The second kappa shape index (κ2) is 7.38. The van der Waals surface area contributed by atoms with Crippen molar-refractivity contribution in [3.8, 4) is 0 Å². The predicted octanol–water partition coefficient (Wildman–Crippen LogP) is 3.14. The molecule has 0 aliphatic carbocycles. The molecule has 1 aliphatic rings.